The summed E-state index contributed by atoms with van der Waals surface area (Å²) in [5.74, 6) is 0.0455. The highest BCUT2D eigenvalue weighted by Crippen LogP contribution is 2.35. The van der Waals surface area contributed by atoms with Crippen LogP contribution in [0.4, 0.5) is 0 Å². The highest BCUT2D eigenvalue weighted by atomic mass is 32.3. The molecule has 18 unspecified atom stereocenters. The third-order valence-corrected chi connectivity index (χ3v) is 18.0. The number of aliphatic hydroxyl groups is 6. The van der Waals surface area contributed by atoms with Crippen molar-refractivity contribution >= 4 is 22.3 Å². The Morgan fingerprint density at radius 2 is 0.843 bits per heavy atom. The highest BCUT2D eigenvalue weighted by molar-refractivity contribution is 7.80. The van der Waals surface area contributed by atoms with Gasteiger partial charge in [0.1, 0.15) is 30.5 Å². The molecule has 0 bridgehead atoms. The number of carbonyl (C=O) groups excluding carboxylic acids is 2. The van der Waals surface area contributed by atoms with E-state index in [4.69, 9.17) is 23.7 Å². The molecule has 0 aromatic rings. The molecule has 0 spiro atoms. The lowest BCUT2D eigenvalue weighted by Gasteiger charge is -2.46. The molecule has 17 nitrogen and oxygen atoms in total. The second kappa shape index (κ2) is 44.8. The van der Waals surface area contributed by atoms with Crippen molar-refractivity contribution in [1.29, 1.82) is 0 Å². The summed E-state index contributed by atoms with van der Waals surface area (Å²) in [7, 11) is -5.33. The summed E-state index contributed by atoms with van der Waals surface area (Å²) < 4.78 is 67.4. The van der Waals surface area contributed by atoms with Crippen molar-refractivity contribution in [2.45, 2.75) is 348 Å². The highest BCUT2D eigenvalue weighted by Gasteiger charge is 2.55. The van der Waals surface area contributed by atoms with Gasteiger partial charge in [0, 0.05) is 6.42 Å². The van der Waals surface area contributed by atoms with Crippen LogP contribution in [0.3, 0.4) is 0 Å². The van der Waals surface area contributed by atoms with Gasteiger partial charge in [-0.25, -0.2) is 4.18 Å². The lowest BCUT2D eigenvalue weighted by atomic mass is 9.80. The van der Waals surface area contributed by atoms with Crippen LogP contribution >= 0.6 is 0 Å². The molecule has 18 heteroatoms. The third kappa shape index (κ3) is 33.6. The average Bonchev–Trinajstić information content (AvgIpc) is 3.26. The quantitative estimate of drug-likeness (QED) is 0.0170. The second-order valence-electron chi connectivity index (χ2n) is 26.3. The van der Waals surface area contributed by atoms with E-state index < -0.39 is 103 Å². The maximum Gasteiger partial charge on any atom is 0.397 e. The number of ether oxygens (including phenoxy) is 5. The summed E-state index contributed by atoms with van der Waals surface area (Å²) in [5.41, 5.74) is 0. The van der Waals surface area contributed by atoms with Crippen LogP contribution in [0.15, 0.2) is 0 Å². The Hall–Kier alpha value is -1.55. The minimum absolute atomic E-state index is 0.0251. The predicted octanol–water partition coefficient (Wildman–Crippen LogP) is 12.6. The Morgan fingerprint density at radius 1 is 0.470 bits per heavy atom. The van der Waals surface area contributed by atoms with Crippen LogP contribution in [0, 0.1) is 41.4 Å². The van der Waals surface area contributed by atoms with Gasteiger partial charge in [-0.3, -0.25) is 14.1 Å². The number of carbonyl (C=O) groups is 2. The van der Waals surface area contributed by atoms with Crippen molar-refractivity contribution in [3.05, 3.63) is 0 Å². The van der Waals surface area contributed by atoms with Gasteiger partial charge in [-0.1, -0.05) is 223 Å². The van der Waals surface area contributed by atoms with Crippen molar-refractivity contribution in [3.8, 4) is 0 Å². The van der Waals surface area contributed by atoms with Gasteiger partial charge >= 0.3 is 22.3 Å². The number of unbranched alkanes of at least 4 members (excludes halogenated alkanes) is 24. The summed E-state index contributed by atoms with van der Waals surface area (Å²) in [6.07, 6.45) is 19.2. The molecule has 0 aromatic carbocycles. The van der Waals surface area contributed by atoms with Crippen molar-refractivity contribution < 1.29 is 81.1 Å². The van der Waals surface area contributed by atoms with Crippen LogP contribution in [0.25, 0.3) is 0 Å². The molecule has 0 aromatic heterocycles. The van der Waals surface area contributed by atoms with E-state index in [0.717, 1.165) is 70.6 Å². The van der Waals surface area contributed by atoms with Crippen LogP contribution in [0.2, 0.25) is 0 Å². The van der Waals surface area contributed by atoms with Crippen LogP contribution in [-0.4, -0.2) is 136 Å². The molecule has 492 valence electrons. The minimum atomic E-state index is -5.33. The Kier molecular flexibility index (Phi) is 41.9. The van der Waals surface area contributed by atoms with Crippen LogP contribution in [0.5, 0.6) is 0 Å². The van der Waals surface area contributed by atoms with Crippen LogP contribution < -0.4 is 0 Å². The van der Waals surface area contributed by atoms with Gasteiger partial charge in [-0.15, -0.1) is 0 Å². The molecular formula is C65H124O17S. The molecule has 0 aliphatic carbocycles. The Morgan fingerprint density at radius 3 is 1.27 bits per heavy atom. The Balaban J connectivity index is 2.00. The van der Waals surface area contributed by atoms with E-state index in [9.17, 15) is 53.2 Å². The SMILES string of the molecule is CCCCCCCCCCCCCCCC(=O)OC1C(O)C(CO)OC(OC2OC(CO)C(O)C(O)C2OS(=O)(=O)O)C1OC(=O)C(C)CC(C)CC(C)CC(C)CC(C)CC(C)CC(C)C(O)CCCCCCCCCCCCCCC. The first-order valence-corrected chi connectivity index (χ1v) is 34.9. The Bertz CT molecular complexity index is 1740. The zero-order chi connectivity index (χ0) is 61.7. The topological polar surface area (TPSA) is 265 Å². The van der Waals surface area contributed by atoms with Gasteiger partial charge in [0.15, 0.2) is 24.6 Å². The molecule has 2 heterocycles. The minimum Gasteiger partial charge on any atom is -0.455 e. The van der Waals surface area contributed by atoms with Crippen molar-refractivity contribution in [3.63, 3.8) is 0 Å². The van der Waals surface area contributed by atoms with E-state index >= 15 is 0 Å². The fraction of sp³-hybridized carbons (Fsp3) is 0.969. The second-order valence-corrected chi connectivity index (χ2v) is 27.4. The maximum absolute atomic E-state index is 14.2. The molecule has 2 fully saturated rings. The van der Waals surface area contributed by atoms with E-state index in [0.29, 0.717) is 36.5 Å². The molecule has 0 amide bonds. The molecule has 2 aliphatic heterocycles. The summed E-state index contributed by atoms with van der Waals surface area (Å²) in [6.45, 7) is 17.9. The molecule has 83 heavy (non-hydrogen) atoms. The van der Waals surface area contributed by atoms with Gasteiger partial charge in [-0.2, -0.15) is 8.42 Å². The van der Waals surface area contributed by atoms with Gasteiger partial charge in [-0.05, 0) is 86.9 Å². The zero-order valence-electron chi connectivity index (χ0n) is 53.5. The molecule has 2 aliphatic rings. The van der Waals surface area contributed by atoms with Gasteiger partial charge in [0.05, 0.1) is 25.2 Å². The molecule has 2 saturated heterocycles. The summed E-state index contributed by atoms with van der Waals surface area (Å²) in [5, 5.41) is 64.3. The van der Waals surface area contributed by atoms with E-state index in [-0.39, 0.29) is 24.4 Å². The smallest absolute Gasteiger partial charge is 0.397 e. The zero-order valence-corrected chi connectivity index (χ0v) is 54.3. The van der Waals surface area contributed by atoms with Crippen molar-refractivity contribution in [2.75, 3.05) is 13.2 Å². The van der Waals surface area contributed by atoms with Crippen LogP contribution in [-0.2, 0) is 47.9 Å². The monoisotopic (exact) mass is 1210 g/mol. The molecule has 2 rings (SSSR count). The first-order chi connectivity index (χ1) is 39.5. The number of rotatable bonds is 50. The van der Waals surface area contributed by atoms with E-state index in [2.05, 4.69) is 59.6 Å². The summed E-state index contributed by atoms with van der Waals surface area (Å²) in [6, 6.07) is 0. The first-order valence-electron chi connectivity index (χ1n) is 33.5. The summed E-state index contributed by atoms with van der Waals surface area (Å²) >= 11 is 0. The molecule has 7 N–H and O–H groups in total. The van der Waals surface area contributed by atoms with Gasteiger partial charge in [0.25, 0.3) is 0 Å². The van der Waals surface area contributed by atoms with E-state index in [1.165, 1.54) is 128 Å². The van der Waals surface area contributed by atoms with Gasteiger partial charge < -0.3 is 54.3 Å². The molecule has 18 atom stereocenters. The fourth-order valence-electron chi connectivity index (χ4n) is 13.1. The van der Waals surface area contributed by atoms with Crippen molar-refractivity contribution in [2.24, 2.45) is 41.4 Å². The average molecular weight is 1210 g/mol. The molecular weight excluding hydrogens is 1080 g/mol. The normalized spacial score (nSPS) is 26.2. The standard InChI is InChI=1S/C65H124O17S/c1-10-12-14-16-18-20-22-24-26-28-30-32-34-36-53(68)51(8)42-49(6)40-47(4)38-46(3)39-48(5)41-50(7)43-52(9)63(73)80-62-60(79-56(69)37-35-33-31-29-27-25-23-21-19-17-15-13-11-2)58(71)55(45-67)78-65(62)81-64-61(82-83(74,75)76)59(72)57(70)54(44-66)77-64/h46-55,57-62,64-68,70-72H,10-45H2,1-9H3,(H,74,75,76). The number of hydrogen-bond acceptors (Lipinski definition) is 16. The number of esters is 2. The van der Waals surface area contributed by atoms with Crippen LogP contribution in [0.1, 0.15) is 281 Å². The summed E-state index contributed by atoms with van der Waals surface area (Å²) in [4.78, 5) is 27.7. The predicted molar refractivity (Wildman–Crippen MR) is 325 cm³/mol. The number of hydrogen-bond donors (Lipinski definition) is 7. The van der Waals surface area contributed by atoms with E-state index in [1.807, 2.05) is 0 Å². The van der Waals surface area contributed by atoms with E-state index in [1.54, 1.807) is 6.92 Å². The maximum atomic E-state index is 14.2. The number of aliphatic hydroxyl groups excluding tert-OH is 6. The largest absolute Gasteiger partial charge is 0.455 e. The fourth-order valence-corrected chi connectivity index (χ4v) is 13.6. The lowest BCUT2D eigenvalue weighted by Crippen LogP contribution is -2.65. The first kappa shape index (κ1) is 77.5. The lowest BCUT2D eigenvalue weighted by molar-refractivity contribution is -0.374. The molecule has 0 saturated carbocycles. The Labute approximate surface area is 504 Å². The van der Waals surface area contributed by atoms with Crippen molar-refractivity contribution in [1.82, 2.24) is 0 Å². The van der Waals surface area contributed by atoms with Gasteiger partial charge in [0.2, 0.25) is 6.29 Å². The molecule has 0 radical (unpaired) electrons. The third-order valence-electron chi connectivity index (χ3n) is 17.5.